The number of ether oxygens (including phenoxy) is 1. The third-order valence-corrected chi connectivity index (χ3v) is 6.22. The second kappa shape index (κ2) is 11.3. The highest BCUT2D eigenvalue weighted by Crippen LogP contribution is 2.37. The molecule has 1 atom stereocenters. The third kappa shape index (κ3) is 5.57. The van der Waals surface area contributed by atoms with Gasteiger partial charge in [0.1, 0.15) is 24.2 Å². The lowest BCUT2D eigenvalue weighted by molar-refractivity contribution is -0.113. The monoisotopic (exact) mass is 513 g/mol. The lowest BCUT2D eigenvalue weighted by Crippen LogP contribution is -2.31. The number of aromatic nitrogens is 3. The Morgan fingerprint density at radius 1 is 1.11 bits per heavy atom. The maximum absolute atomic E-state index is 13.6. The molecule has 0 fully saturated rings. The Morgan fingerprint density at radius 3 is 2.66 bits per heavy atom. The first-order valence-corrected chi connectivity index (χ1v) is 12.4. The Bertz CT molecular complexity index is 1450. The van der Waals surface area contributed by atoms with Crippen LogP contribution < -0.4 is 15.4 Å². The van der Waals surface area contributed by atoms with Gasteiger partial charge in [0.15, 0.2) is 5.82 Å². The summed E-state index contributed by atoms with van der Waals surface area (Å²) in [4.78, 5) is 18.2. The molecule has 1 aromatic heterocycles. The average Bonchev–Trinajstić information content (AvgIpc) is 3.34. The van der Waals surface area contributed by atoms with Gasteiger partial charge in [-0.1, -0.05) is 42.5 Å². The van der Waals surface area contributed by atoms with E-state index in [0.29, 0.717) is 53.9 Å². The fraction of sp³-hybridized carbons (Fsp3) is 0.207. The van der Waals surface area contributed by atoms with E-state index in [2.05, 4.69) is 20.7 Å². The summed E-state index contributed by atoms with van der Waals surface area (Å²) in [6, 6.07) is 22.5. The SMILES string of the molecule is CC1=C(C(=O)Nc2ccc(F)cc2)C(c2cccc(OCc3ccccc3)c2)n2nc(CCCO)nc2N1. The van der Waals surface area contributed by atoms with Crippen molar-refractivity contribution in [2.75, 3.05) is 17.2 Å². The first-order valence-electron chi connectivity index (χ1n) is 12.4. The Morgan fingerprint density at radius 2 is 1.89 bits per heavy atom. The summed E-state index contributed by atoms with van der Waals surface area (Å²) >= 11 is 0. The van der Waals surface area contributed by atoms with Gasteiger partial charge in [-0.25, -0.2) is 9.07 Å². The Hall–Kier alpha value is -4.50. The van der Waals surface area contributed by atoms with Crippen LogP contribution in [0.2, 0.25) is 0 Å². The highest BCUT2D eigenvalue weighted by atomic mass is 19.1. The normalized spacial score (nSPS) is 14.6. The number of aliphatic hydroxyl groups is 1. The average molecular weight is 514 g/mol. The standard InChI is InChI=1S/C29H28FN5O3/c1-19-26(28(37)32-23-14-12-22(30)13-15-23)27(35-29(31-19)33-25(34-35)11-6-16-36)21-9-5-10-24(17-21)38-18-20-7-3-2-4-8-20/h2-5,7-10,12-15,17,27,36H,6,11,16,18H2,1H3,(H,32,37)(H,31,33,34). The molecule has 9 heteroatoms. The lowest BCUT2D eigenvalue weighted by atomic mass is 9.95. The molecule has 1 amide bonds. The van der Waals surface area contributed by atoms with Gasteiger partial charge < -0.3 is 20.5 Å². The van der Waals surface area contributed by atoms with Gasteiger partial charge in [0, 0.05) is 24.4 Å². The van der Waals surface area contributed by atoms with Crippen LogP contribution >= 0.6 is 0 Å². The summed E-state index contributed by atoms with van der Waals surface area (Å²) in [7, 11) is 0. The Kier molecular flexibility index (Phi) is 7.46. The zero-order chi connectivity index (χ0) is 26.5. The molecule has 1 unspecified atom stereocenters. The summed E-state index contributed by atoms with van der Waals surface area (Å²) in [5.41, 5.74) is 3.38. The Balaban J connectivity index is 1.49. The van der Waals surface area contributed by atoms with E-state index >= 15 is 0 Å². The summed E-state index contributed by atoms with van der Waals surface area (Å²) < 4.78 is 21.2. The number of allylic oxidation sites excluding steroid dienone is 1. The minimum atomic E-state index is -0.595. The van der Waals surface area contributed by atoms with Crippen LogP contribution in [0.25, 0.3) is 0 Å². The number of carbonyl (C=O) groups is 1. The first-order chi connectivity index (χ1) is 18.5. The van der Waals surface area contributed by atoms with Crippen LogP contribution in [-0.2, 0) is 17.8 Å². The molecule has 0 aliphatic carbocycles. The third-order valence-electron chi connectivity index (χ3n) is 6.22. The van der Waals surface area contributed by atoms with E-state index < -0.39 is 6.04 Å². The zero-order valence-electron chi connectivity index (χ0n) is 20.9. The summed E-state index contributed by atoms with van der Waals surface area (Å²) in [6.07, 6.45) is 1.03. The second-order valence-corrected chi connectivity index (χ2v) is 9.00. The number of hydrogen-bond donors (Lipinski definition) is 3. The molecule has 8 nitrogen and oxygen atoms in total. The fourth-order valence-electron chi connectivity index (χ4n) is 4.39. The van der Waals surface area contributed by atoms with Crippen LogP contribution in [0.15, 0.2) is 90.1 Å². The number of fused-ring (bicyclic) bond motifs is 1. The van der Waals surface area contributed by atoms with Crippen molar-refractivity contribution >= 4 is 17.5 Å². The zero-order valence-corrected chi connectivity index (χ0v) is 20.9. The lowest BCUT2D eigenvalue weighted by Gasteiger charge is -2.29. The number of halogens is 1. The van der Waals surface area contributed by atoms with Crippen LogP contribution in [0.3, 0.4) is 0 Å². The fourth-order valence-corrected chi connectivity index (χ4v) is 4.39. The van der Waals surface area contributed by atoms with Crippen molar-refractivity contribution in [2.24, 2.45) is 0 Å². The van der Waals surface area contributed by atoms with Crippen molar-refractivity contribution in [2.45, 2.75) is 32.4 Å². The molecule has 0 bridgehead atoms. The molecule has 5 rings (SSSR count). The molecule has 0 spiro atoms. The highest BCUT2D eigenvalue weighted by Gasteiger charge is 2.34. The number of benzene rings is 3. The number of aryl methyl sites for hydroxylation is 1. The van der Waals surface area contributed by atoms with Crippen LogP contribution in [0.5, 0.6) is 5.75 Å². The molecular formula is C29H28FN5O3. The van der Waals surface area contributed by atoms with Gasteiger partial charge in [0.05, 0.1) is 5.57 Å². The molecule has 194 valence electrons. The van der Waals surface area contributed by atoms with E-state index in [1.807, 2.05) is 61.5 Å². The largest absolute Gasteiger partial charge is 0.489 e. The van der Waals surface area contributed by atoms with E-state index in [-0.39, 0.29) is 18.3 Å². The number of anilines is 2. The summed E-state index contributed by atoms with van der Waals surface area (Å²) in [5.74, 6) is 0.999. The van der Waals surface area contributed by atoms with Gasteiger partial charge in [0.25, 0.3) is 5.91 Å². The van der Waals surface area contributed by atoms with Crippen molar-refractivity contribution in [1.29, 1.82) is 0 Å². The highest BCUT2D eigenvalue weighted by molar-refractivity contribution is 6.06. The summed E-state index contributed by atoms with van der Waals surface area (Å²) in [5, 5.41) is 20.0. The van der Waals surface area contributed by atoms with Crippen molar-refractivity contribution in [3.05, 3.63) is 113 Å². The smallest absolute Gasteiger partial charge is 0.255 e. The van der Waals surface area contributed by atoms with Gasteiger partial charge in [0.2, 0.25) is 5.95 Å². The van der Waals surface area contributed by atoms with E-state index in [1.54, 1.807) is 4.68 Å². The van der Waals surface area contributed by atoms with Crippen molar-refractivity contribution < 1.29 is 19.0 Å². The number of amides is 1. The van der Waals surface area contributed by atoms with Crippen molar-refractivity contribution in [3.63, 3.8) is 0 Å². The van der Waals surface area contributed by atoms with Crippen LogP contribution in [-0.4, -0.2) is 32.4 Å². The van der Waals surface area contributed by atoms with Crippen LogP contribution in [0.1, 0.15) is 36.3 Å². The number of rotatable bonds is 9. The molecule has 38 heavy (non-hydrogen) atoms. The molecule has 0 saturated carbocycles. The molecule has 1 aliphatic heterocycles. The molecule has 0 radical (unpaired) electrons. The van der Waals surface area contributed by atoms with E-state index in [9.17, 15) is 14.3 Å². The molecule has 3 N–H and O–H groups in total. The minimum absolute atomic E-state index is 0.0319. The number of hydrogen-bond acceptors (Lipinski definition) is 6. The topological polar surface area (TPSA) is 101 Å². The van der Waals surface area contributed by atoms with Crippen molar-refractivity contribution in [1.82, 2.24) is 14.8 Å². The minimum Gasteiger partial charge on any atom is -0.489 e. The van der Waals surface area contributed by atoms with E-state index in [4.69, 9.17) is 4.74 Å². The molecular weight excluding hydrogens is 485 g/mol. The molecule has 4 aromatic rings. The molecule has 2 heterocycles. The molecule has 3 aromatic carbocycles. The predicted octanol–water partition coefficient (Wildman–Crippen LogP) is 4.85. The van der Waals surface area contributed by atoms with Gasteiger partial charge in [-0.05, 0) is 60.9 Å². The summed E-state index contributed by atoms with van der Waals surface area (Å²) in [6.45, 7) is 2.25. The maximum Gasteiger partial charge on any atom is 0.255 e. The van der Waals surface area contributed by atoms with Gasteiger partial charge >= 0.3 is 0 Å². The van der Waals surface area contributed by atoms with Crippen LogP contribution in [0.4, 0.5) is 16.0 Å². The van der Waals surface area contributed by atoms with Gasteiger partial charge in [-0.15, -0.1) is 0 Å². The van der Waals surface area contributed by atoms with Crippen LogP contribution in [0, 0.1) is 5.82 Å². The Labute approximate surface area is 219 Å². The number of nitrogens with zero attached hydrogens (tertiary/aromatic N) is 3. The first kappa shape index (κ1) is 25.2. The maximum atomic E-state index is 13.6. The predicted molar refractivity (Wildman–Crippen MR) is 142 cm³/mol. The number of nitrogens with one attached hydrogen (secondary N) is 2. The second-order valence-electron chi connectivity index (χ2n) is 9.00. The number of carbonyl (C=O) groups excluding carboxylic acids is 1. The molecule has 0 saturated heterocycles. The van der Waals surface area contributed by atoms with Crippen molar-refractivity contribution in [3.8, 4) is 5.75 Å². The number of aliphatic hydroxyl groups excluding tert-OH is 1. The van der Waals surface area contributed by atoms with Gasteiger partial charge in [-0.3, -0.25) is 4.79 Å². The van der Waals surface area contributed by atoms with E-state index in [1.165, 1.54) is 24.3 Å². The molecule has 1 aliphatic rings. The van der Waals surface area contributed by atoms with E-state index in [0.717, 1.165) is 11.1 Å². The quantitative estimate of drug-likeness (QED) is 0.296. The van der Waals surface area contributed by atoms with Gasteiger partial charge in [-0.2, -0.15) is 10.1 Å².